The average molecular weight is 363 g/mol. The normalized spacial score (nSPS) is 17.6. The zero-order valence-corrected chi connectivity index (χ0v) is 13.1. The van der Waals surface area contributed by atoms with Crippen LogP contribution in [0.2, 0.25) is 0 Å². The van der Waals surface area contributed by atoms with Gasteiger partial charge in [0, 0.05) is 4.47 Å². The van der Waals surface area contributed by atoms with Crippen LogP contribution in [0.5, 0.6) is 5.75 Å². The predicted molar refractivity (Wildman–Crippen MR) is 77.6 cm³/mol. The van der Waals surface area contributed by atoms with Gasteiger partial charge in [-0.1, -0.05) is 15.9 Å². The van der Waals surface area contributed by atoms with Gasteiger partial charge >= 0.3 is 0 Å². The molecule has 0 radical (unpaired) electrons. The van der Waals surface area contributed by atoms with Crippen LogP contribution in [0.25, 0.3) is 0 Å². The summed E-state index contributed by atoms with van der Waals surface area (Å²) in [6, 6.07) is 6.07. The summed E-state index contributed by atoms with van der Waals surface area (Å²) in [7, 11) is 1.99. The highest BCUT2D eigenvalue weighted by atomic mass is 79.9. The summed E-state index contributed by atoms with van der Waals surface area (Å²) in [5.41, 5.74) is 0.0549. The van der Waals surface area contributed by atoms with Crippen molar-refractivity contribution in [3.8, 4) is 5.75 Å². The van der Waals surface area contributed by atoms with Crippen molar-refractivity contribution in [3.63, 3.8) is 0 Å². The standard InChI is InChI=1S/C13H17Br2NO/c1-16-8-7-13(5-2-6-13)17-12-4-3-10(14)9-11(12)15/h3-4,9,16H,2,5-8H2,1H3. The zero-order valence-electron chi connectivity index (χ0n) is 9.93. The smallest absolute Gasteiger partial charge is 0.134 e. The van der Waals surface area contributed by atoms with Crippen molar-refractivity contribution in [2.24, 2.45) is 0 Å². The minimum absolute atomic E-state index is 0.0549. The molecule has 1 aromatic carbocycles. The van der Waals surface area contributed by atoms with Crippen molar-refractivity contribution in [3.05, 3.63) is 27.1 Å². The average Bonchev–Trinajstić information content (AvgIpc) is 2.25. The van der Waals surface area contributed by atoms with E-state index in [0.29, 0.717) is 0 Å². The second-order valence-corrected chi connectivity index (χ2v) is 6.34. The van der Waals surface area contributed by atoms with Crippen molar-refractivity contribution < 1.29 is 4.74 Å². The fraction of sp³-hybridized carbons (Fsp3) is 0.538. The molecule has 0 heterocycles. The van der Waals surface area contributed by atoms with Gasteiger partial charge in [0.2, 0.25) is 0 Å². The Morgan fingerprint density at radius 3 is 2.65 bits per heavy atom. The number of ether oxygens (including phenoxy) is 1. The fourth-order valence-corrected chi connectivity index (χ4v) is 3.25. The Balaban J connectivity index is 2.07. The number of halogens is 2. The maximum absolute atomic E-state index is 6.22. The van der Waals surface area contributed by atoms with Gasteiger partial charge in [0.1, 0.15) is 11.4 Å². The van der Waals surface area contributed by atoms with Gasteiger partial charge in [0.15, 0.2) is 0 Å². The van der Waals surface area contributed by atoms with Crippen molar-refractivity contribution in [1.82, 2.24) is 5.32 Å². The Bertz CT molecular complexity index is 391. The second kappa shape index (κ2) is 5.72. The Morgan fingerprint density at radius 2 is 2.12 bits per heavy atom. The van der Waals surface area contributed by atoms with E-state index in [9.17, 15) is 0 Å². The van der Waals surface area contributed by atoms with Crippen molar-refractivity contribution >= 4 is 31.9 Å². The highest BCUT2D eigenvalue weighted by Gasteiger charge is 2.39. The van der Waals surface area contributed by atoms with Crippen LogP contribution in [0.15, 0.2) is 27.1 Å². The number of hydrogen-bond donors (Lipinski definition) is 1. The first-order chi connectivity index (χ1) is 8.15. The van der Waals surface area contributed by atoms with Gasteiger partial charge in [0.05, 0.1) is 4.47 Å². The SMILES string of the molecule is CNCCC1(Oc2ccc(Br)cc2Br)CCC1. The van der Waals surface area contributed by atoms with E-state index in [1.54, 1.807) is 0 Å². The summed E-state index contributed by atoms with van der Waals surface area (Å²) in [5.74, 6) is 0.948. The van der Waals surface area contributed by atoms with Crippen LogP contribution < -0.4 is 10.1 Å². The molecule has 0 aliphatic heterocycles. The molecule has 0 saturated heterocycles. The Morgan fingerprint density at radius 1 is 1.35 bits per heavy atom. The summed E-state index contributed by atoms with van der Waals surface area (Å²) in [6.45, 7) is 1.01. The van der Waals surface area contributed by atoms with E-state index in [1.807, 2.05) is 25.2 Å². The predicted octanol–water partition coefficient (Wildman–Crippen LogP) is 4.12. The molecule has 94 valence electrons. The van der Waals surface area contributed by atoms with Crippen molar-refractivity contribution in [2.45, 2.75) is 31.3 Å². The van der Waals surface area contributed by atoms with Gasteiger partial charge in [-0.15, -0.1) is 0 Å². The van der Waals surface area contributed by atoms with Gasteiger partial charge in [-0.3, -0.25) is 0 Å². The summed E-state index contributed by atoms with van der Waals surface area (Å²) in [5, 5.41) is 3.20. The molecule has 1 N–H and O–H groups in total. The lowest BCUT2D eigenvalue weighted by molar-refractivity contribution is -0.0145. The molecular formula is C13H17Br2NO. The van der Waals surface area contributed by atoms with Crippen LogP contribution in [-0.2, 0) is 0 Å². The largest absolute Gasteiger partial charge is 0.486 e. The quantitative estimate of drug-likeness (QED) is 0.850. The van der Waals surface area contributed by atoms with Crippen molar-refractivity contribution in [2.75, 3.05) is 13.6 Å². The molecule has 0 aromatic heterocycles. The molecule has 0 bridgehead atoms. The van der Waals surface area contributed by atoms with E-state index in [2.05, 4.69) is 37.2 Å². The van der Waals surface area contributed by atoms with Crippen LogP contribution >= 0.6 is 31.9 Å². The minimum Gasteiger partial charge on any atom is -0.486 e. The third-order valence-corrected chi connectivity index (χ3v) is 4.43. The molecule has 0 unspecified atom stereocenters. The topological polar surface area (TPSA) is 21.3 Å². The first kappa shape index (κ1) is 13.4. The summed E-state index contributed by atoms with van der Waals surface area (Å²) in [4.78, 5) is 0. The summed E-state index contributed by atoms with van der Waals surface area (Å²) in [6.07, 6.45) is 4.68. The van der Waals surface area contributed by atoms with Crippen LogP contribution in [-0.4, -0.2) is 19.2 Å². The molecule has 1 aliphatic carbocycles. The first-order valence-corrected chi connectivity index (χ1v) is 7.52. The fourth-order valence-electron chi connectivity index (χ4n) is 2.12. The highest BCUT2D eigenvalue weighted by molar-refractivity contribution is 9.11. The molecule has 2 nitrogen and oxygen atoms in total. The van der Waals surface area contributed by atoms with Crippen molar-refractivity contribution in [1.29, 1.82) is 0 Å². The zero-order chi connectivity index (χ0) is 12.3. The maximum atomic E-state index is 6.22. The van der Waals surface area contributed by atoms with E-state index >= 15 is 0 Å². The van der Waals surface area contributed by atoms with Crippen LogP contribution in [0.4, 0.5) is 0 Å². The Kier molecular flexibility index (Phi) is 4.50. The van der Waals surface area contributed by atoms with Crippen LogP contribution in [0.1, 0.15) is 25.7 Å². The lowest BCUT2D eigenvalue weighted by atomic mass is 9.77. The summed E-state index contributed by atoms with van der Waals surface area (Å²) >= 11 is 7.00. The molecule has 17 heavy (non-hydrogen) atoms. The number of nitrogens with one attached hydrogen (secondary N) is 1. The Labute approximate surface area is 119 Å². The van der Waals surface area contributed by atoms with Gasteiger partial charge in [-0.2, -0.15) is 0 Å². The third kappa shape index (κ3) is 3.24. The molecule has 1 fully saturated rings. The molecule has 1 aromatic rings. The van der Waals surface area contributed by atoms with Gasteiger partial charge in [0.25, 0.3) is 0 Å². The Hall–Kier alpha value is -0.0600. The van der Waals surface area contributed by atoms with Gasteiger partial charge in [-0.05, 0) is 73.4 Å². The monoisotopic (exact) mass is 361 g/mol. The number of rotatable bonds is 5. The third-order valence-electron chi connectivity index (χ3n) is 3.32. The first-order valence-electron chi connectivity index (χ1n) is 5.94. The van der Waals surface area contributed by atoms with Crippen LogP contribution in [0, 0.1) is 0 Å². The highest BCUT2D eigenvalue weighted by Crippen LogP contribution is 2.41. The van der Waals surface area contributed by atoms with E-state index in [-0.39, 0.29) is 5.60 Å². The minimum atomic E-state index is 0.0549. The number of hydrogen-bond acceptors (Lipinski definition) is 2. The second-order valence-electron chi connectivity index (χ2n) is 4.57. The molecule has 0 spiro atoms. The number of benzene rings is 1. The maximum Gasteiger partial charge on any atom is 0.134 e. The molecule has 1 aliphatic rings. The molecule has 1 saturated carbocycles. The molecule has 0 amide bonds. The molecular weight excluding hydrogens is 346 g/mol. The van der Waals surface area contributed by atoms with E-state index in [1.165, 1.54) is 6.42 Å². The van der Waals surface area contributed by atoms with E-state index in [0.717, 1.165) is 40.5 Å². The van der Waals surface area contributed by atoms with Crippen LogP contribution in [0.3, 0.4) is 0 Å². The molecule has 0 atom stereocenters. The van der Waals surface area contributed by atoms with E-state index < -0.39 is 0 Å². The van der Waals surface area contributed by atoms with Gasteiger partial charge in [-0.25, -0.2) is 0 Å². The molecule has 2 rings (SSSR count). The van der Waals surface area contributed by atoms with E-state index in [4.69, 9.17) is 4.74 Å². The van der Waals surface area contributed by atoms with Gasteiger partial charge < -0.3 is 10.1 Å². The lowest BCUT2D eigenvalue weighted by Crippen LogP contribution is -2.45. The summed E-state index contributed by atoms with van der Waals surface area (Å²) < 4.78 is 8.30. The molecule has 4 heteroatoms. The lowest BCUT2D eigenvalue weighted by Gasteiger charge is -2.42.